The lowest BCUT2D eigenvalue weighted by Gasteiger charge is -2.36. The van der Waals surface area contributed by atoms with Crippen molar-refractivity contribution in [1.29, 1.82) is 0 Å². The predicted octanol–water partition coefficient (Wildman–Crippen LogP) is 1.81. The highest BCUT2D eigenvalue weighted by atomic mass is 35.5. The average molecular weight is 246 g/mol. The summed E-state index contributed by atoms with van der Waals surface area (Å²) in [6.45, 7) is 0.695. The number of likely N-dealkylation sites (tertiary alicyclic amines) is 1. The van der Waals surface area contributed by atoms with Gasteiger partial charge in [0.05, 0.1) is 21.7 Å². The number of β-amino-alcohol motifs (C(OH)–C–C–N with tert-alkyl or cyclic N) is 1. The second-order valence-corrected chi connectivity index (χ2v) is 4.28. The van der Waals surface area contributed by atoms with Crippen LogP contribution < -0.4 is 0 Å². The molecule has 0 radical (unpaired) electrons. The lowest BCUT2D eigenvalue weighted by Crippen LogP contribution is -2.53. The van der Waals surface area contributed by atoms with Gasteiger partial charge in [0.25, 0.3) is 5.91 Å². The van der Waals surface area contributed by atoms with Gasteiger partial charge in [-0.3, -0.25) is 4.79 Å². The van der Waals surface area contributed by atoms with Gasteiger partial charge in [0.15, 0.2) is 0 Å². The zero-order chi connectivity index (χ0) is 11.0. The van der Waals surface area contributed by atoms with Gasteiger partial charge < -0.3 is 10.0 Å². The molecule has 0 unspecified atom stereocenters. The van der Waals surface area contributed by atoms with Crippen LogP contribution in [-0.4, -0.2) is 35.1 Å². The molecule has 1 aromatic carbocycles. The normalized spacial score (nSPS) is 16.3. The zero-order valence-electron chi connectivity index (χ0n) is 7.78. The smallest absolute Gasteiger partial charge is 0.257 e. The van der Waals surface area contributed by atoms with Crippen LogP contribution in [0.1, 0.15) is 10.4 Å². The Morgan fingerprint density at radius 1 is 1.33 bits per heavy atom. The number of benzene rings is 1. The van der Waals surface area contributed by atoms with Crippen LogP contribution in [0.3, 0.4) is 0 Å². The molecule has 1 saturated heterocycles. The van der Waals surface area contributed by atoms with Crippen molar-refractivity contribution in [2.24, 2.45) is 0 Å². The van der Waals surface area contributed by atoms with Crippen molar-refractivity contribution < 1.29 is 9.90 Å². The molecule has 15 heavy (non-hydrogen) atoms. The summed E-state index contributed by atoms with van der Waals surface area (Å²) in [6.07, 6.45) is -0.421. The number of carbonyl (C=O) groups is 1. The molecule has 1 aliphatic heterocycles. The Morgan fingerprint density at radius 2 is 1.87 bits per heavy atom. The number of carbonyl (C=O) groups excluding carboxylic acids is 1. The van der Waals surface area contributed by atoms with Gasteiger partial charge in [-0.2, -0.15) is 0 Å². The second-order valence-electron chi connectivity index (χ2n) is 3.46. The lowest BCUT2D eigenvalue weighted by molar-refractivity contribution is 0.00591. The summed E-state index contributed by atoms with van der Waals surface area (Å²) < 4.78 is 0. The largest absolute Gasteiger partial charge is 0.389 e. The van der Waals surface area contributed by atoms with Crippen LogP contribution in [0.5, 0.6) is 0 Å². The van der Waals surface area contributed by atoms with Crippen LogP contribution in [0, 0.1) is 0 Å². The van der Waals surface area contributed by atoms with E-state index in [4.69, 9.17) is 28.3 Å². The molecule has 1 amide bonds. The van der Waals surface area contributed by atoms with E-state index >= 15 is 0 Å². The molecule has 1 N–H and O–H groups in total. The minimum Gasteiger partial charge on any atom is -0.389 e. The summed E-state index contributed by atoms with van der Waals surface area (Å²) in [5, 5.41) is 9.78. The highest BCUT2D eigenvalue weighted by Gasteiger charge is 2.31. The number of nitrogens with zero attached hydrogens (tertiary/aromatic N) is 1. The topological polar surface area (TPSA) is 40.5 Å². The van der Waals surface area contributed by atoms with E-state index < -0.39 is 6.10 Å². The maximum Gasteiger partial charge on any atom is 0.257 e. The molecule has 1 fully saturated rings. The van der Waals surface area contributed by atoms with E-state index in [-0.39, 0.29) is 5.91 Å². The molecular weight excluding hydrogens is 237 g/mol. The van der Waals surface area contributed by atoms with Crippen molar-refractivity contribution in [1.82, 2.24) is 4.90 Å². The highest BCUT2D eigenvalue weighted by Crippen LogP contribution is 2.27. The Balaban J connectivity index is 2.26. The monoisotopic (exact) mass is 245 g/mol. The van der Waals surface area contributed by atoms with Gasteiger partial charge in [-0.05, 0) is 12.1 Å². The van der Waals surface area contributed by atoms with Crippen molar-refractivity contribution in [3.05, 3.63) is 33.8 Å². The standard InChI is InChI=1S/C10H9Cl2NO2/c11-7-2-1-3-8(12)9(7)10(15)13-4-6(14)5-13/h1-3,6,14H,4-5H2. The molecule has 0 aliphatic carbocycles. The maximum atomic E-state index is 11.9. The third kappa shape index (κ3) is 1.95. The molecule has 1 aromatic rings. The summed E-state index contributed by atoms with van der Waals surface area (Å²) >= 11 is 11.8. The molecule has 0 atom stereocenters. The van der Waals surface area contributed by atoms with Gasteiger partial charge in [-0.1, -0.05) is 29.3 Å². The fraction of sp³-hybridized carbons (Fsp3) is 0.300. The first-order valence-corrected chi connectivity index (χ1v) is 5.26. The van der Waals surface area contributed by atoms with E-state index in [1.54, 1.807) is 18.2 Å². The van der Waals surface area contributed by atoms with Gasteiger partial charge in [0, 0.05) is 13.1 Å². The molecule has 0 saturated carbocycles. The van der Waals surface area contributed by atoms with Gasteiger partial charge in [0.2, 0.25) is 0 Å². The van der Waals surface area contributed by atoms with Crippen molar-refractivity contribution in [3.8, 4) is 0 Å². The number of hydrogen-bond acceptors (Lipinski definition) is 2. The number of aliphatic hydroxyl groups is 1. The predicted molar refractivity (Wildman–Crippen MR) is 58.4 cm³/mol. The Bertz CT molecular complexity index is 382. The van der Waals surface area contributed by atoms with Crippen LogP contribution >= 0.6 is 23.2 Å². The minimum absolute atomic E-state index is 0.226. The lowest BCUT2D eigenvalue weighted by atomic mass is 10.1. The minimum atomic E-state index is -0.421. The first-order valence-electron chi connectivity index (χ1n) is 4.51. The molecular formula is C10H9Cl2NO2. The van der Waals surface area contributed by atoms with Gasteiger partial charge in [0.1, 0.15) is 0 Å². The molecule has 3 nitrogen and oxygen atoms in total. The third-order valence-corrected chi connectivity index (χ3v) is 2.96. The Kier molecular flexibility index (Phi) is 2.87. The molecule has 2 rings (SSSR count). The molecule has 5 heteroatoms. The summed E-state index contributed by atoms with van der Waals surface area (Å²) in [4.78, 5) is 13.4. The van der Waals surface area contributed by atoms with Crippen molar-refractivity contribution in [2.75, 3.05) is 13.1 Å². The van der Waals surface area contributed by atoms with Crippen LogP contribution in [-0.2, 0) is 0 Å². The first kappa shape index (κ1) is 10.7. The molecule has 1 heterocycles. The first-order chi connectivity index (χ1) is 7.09. The number of rotatable bonds is 1. The highest BCUT2D eigenvalue weighted by molar-refractivity contribution is 6.39. The fourth-order valence-corrected chi connectivity index (χ4v) is 2.04. The van der Waals surface area contributed by atoms with Gasteiger partial charge >= 0.3 is 0 Å². The van der Waals surface area contributed by atoms with E-state index in [0.29, 0.717) is 28.7 Å². The number of amides is 1. The number of hydrogen-bond donors (Lipinski definition) is 1. The van der Waals surface area contributed by atoms with Crippen molar-refractivity contribution in [3.63, 3.8) is 0 Å². The van der Waals surface area contributed by atoms with Crippen molar-refractivity contribution >= 4 is 29.1 Å². The average Bonchev–Trinajstić information content (AvgIpc) is 2.12. The molecule has 0 aromatic heterocycles. The summed E-state index contributed by atoms with van der Waals surface area (Å²) in [6, 6.07) is 4.93. The number of aliphatic hydroxyl groups excluding tert-OH is 1. The van der Waals surface area contributed by atoms with Gasteiger partial charge in [-0.15, -0.1) is 0 Å². The zero-order valence-corrected chi connectivity index (χ0v) is 9.29. The molecule has 80 valence electrons. The maximum absolute atomic E-state index is 11.9. The molecule has 1 aliphatic rings. The van der Waals surface area contributed by atoms with Crippen LogP contribution in [0.2, 0.25) is 10.0 Å². The van der Waals surface area contributed by atoms with E-state index in [2.05, 4.69) is 0 Å². The molecule has 0 bridgehead atoms. The quantitative estimate of drug-likeness (QED) is 0.820. The Labute approximate surface area is 97.2 Å². The van der Waals surface area contributed by atoms with E-state index in [0.717, 1.165) is 0 Å². The van der Waals surface area contributed by atoms with Crippen LogP contribution in [0.25, 0.3) is 0 Å². The van der Waals surface area contributed by atoms with Crippen LogP contribution in [0.4, 0.5) is 0 Å². The van der Waals surface area contributed by atoms with E-state index in [1.165, 1.54) is 4.90 Å². The van der Waals surface area contributed by atoms with Crippen LogP contribution in [0.15, 0.2) is 18.2 Å². The summed E-state index contributed by atoms with van der Waals surface area (Å²) in [5.41, 5.74) is 0.313. The second kappa shape index (κ2) is 4.00. The Morgan fingerprint density at radius 3 is 2.33 bits per heavy atom. The SMILES string of the molecule is O=C(c1c(Cl)cccc1Cl)N1CC(O)C1. The summed E-state index contributed by atoms with van der Waals surface area (Å²) in [7, 11) is 0. The number of halogens is 2. The molecule has 0 spiro atoms. The van der Waals surface area contributed by atoms with E-state index in [1.807, 2.05) is 0 Å². The van der Waals surface area contributed by atoms with E-state index in [9.17, 15) is 4.79 Å². The van der Waals surface area contributed by atoms with Crippen molar-refractivity contribution in [2.45, 2.75) is 6.10 Å². The van der Waals surface area contributed by atoms with Gasteiger partial charge in [-0.25, -0.2) is 0 Å². The fourth-order valence-electron chi connectivity index (χ4n) is 1.48. The third-order valence-electron chi connectivity index (χ3n) is 2.33. The summed E-state index contributed by atoms with van der Waals surface area (Å²) in [5.74, 6) is -0.226. The Hall–Kier alpha value is -0.770.